The van der Waals surface area contributed by atoms with E-state index in [1.165, 1.54) is 17.0 Å². The molecule has 0 bridgehead atoms. The maximum Gasteiger partial charge on any atom is 0.261 e. The number of amides is 2. The second-order valence-electron chi connectivity index (χ2n) is 7.44. The number of nitrogens with one attached hydrogen (secondary N) is 1. The molecular formula is C23H28BrFN2O3. The van der Waals surface area contributed by atoms with E-state index in [0.29, 0.717) is 12.2 Å². The van der Waals surface area contributed by atoms with Crippen LogP contribution in [0.15, 0.2) is 46.9 Å². The number of hydrogen-bond donors (Lipinski definition) is 1. The van der Waals surface area contributed by atoms with Crippen LogP contribution in [0.5, 0.6) is 5.75 Å². The first-order valence-corrected chi connectivity index (χ1v) is 10.7. The molecule has 7 heteroatoms. The lowest BCUT2D eigenvalue weighted by Crippen LogP contribution is -2.51. The summed E-state index contributed by atoms with van der Waals surface area (Å²) in [6.07, 6.45) is 0.447. The Bertz CT molecular complexity index is 871. The Hall–Kier alpha value is -2.41. The minimum atomic E-state index is -0.653. The van der Waals surface area contributed by atoms with Crippen molar-refractivity contribution < 1.29 is 18.7 Å². The number of nitrogens with zero attached hydrogens (tertiary/aromatic N) is 1. The molecule has 0 aliphatic carbocycles. The summed E-state index contributed by atoms with van der Waals surface area (Å²) in [7, 11) is 0. The molecule has 162 valence electrons. The largest absolute Gasteiger partial charge is 0.484 e. The molecule has 0 saturated heterocycles. The molecule has 0 aliphatic rings. The van der Waals surface area contributed by atoms with Crippen LogP contribution in [0.4, 0.5) is 4.39 Å². The summed E-state index contributed by atoms with van der Waals surface area (Å²) in [5.74, 6) is -0.311. The Labute approximate surface area is 185 Å². The van der Waals surface area contributed by atoms with Crippen LogP contribution in [0.1, 0.15) is 38.3 Å². The fourth-order valence-electron chi connectivity index (χ4n) is 3.02. The quantitative estimate of drug-likeness (QED) is 0.572. The minimum absolute atomic E-state index is 0.0451. The zero-order valence-electron chi connectivity index (χ0n) is 17.7. The molecule has 5 nitrogen and oxygen atoms in total. The van der Waals surface area contributed by atoms with Crippen molar-refractivity contribution in [1.82, 2.24) is 10.2 Å². The summed E-state index contributed by atoms with van der Waals surface area (Å²) in [4.78, 5) is 27.3. The molecule has 0 aromatic heterocycles. The van der Waals surface area contributed by atoms with Gasteiger partial charge in [0.15, 0.2) is 6.61 Å². The molecule has 0 aliphatic heterocycles. The van der Waals surface area contributed by atoms with Crippen LogP contribution in [-0.2, 0) is 16.1 Å². The van der Waals surface area contributed by atoms with Gasteiger partial charge in [0.05, 0.1) is 0 Å². The molecule has 2 amide bonds. The summed E-state index contributed by atoms with van der Waals surface area (Å²) in [5.41, 5.74) is 1.73. The number of carbonyl (C=O) groups is 2. The van der Waals surface area contributed by atoms with Crippen LogP contribution in [-0.4, -0.2) is 35.4 Å². The van der Waals surface area contributed by atoms with Gasteiger partial charge in [-0.05, 0) is 68.7 Å². The fourth-order valence-corrected chi connectivity index (χ4v) is 3.27. The van der Waals surface area contributed by atoms with Gasteiger partial charge in [0, 0.05) is 17.1 Å². The first kappa shape index (κ1) is 23.9. The number of benzene rings is 2. The van der Waals surface area contributed by atoms with E-state index in [1.54, 1.807) is 18.2 Å². The summed E-state index contributed by atoms with van der Waals surface area (Å²) in [6, 6.07) is 10.7. The van der Waals surface area contributed by atoms with Crippen LogP contribution in [0.25, 0.3) is 0 Å². The molecule has 1 N–H and O–H groups in total. The molecule has 0 fully saturated rings. The van der Waals surface area contributed by atoms with E-state index in [-0.39, 0.29) is 36.8 Å². The third-order valence-corrected chi connectivity index (χ3v) is 5.46. The summed E-state index contributed by atoms with van der Waals surface area (Å²) >= 11 is 3.44. The first-order valence-electron chi connectivity index (χ1n) is 9.94. The highest BCUT2D eigenvalue weighted by atomic mass is 79.9. The van der Waals surface area contributed by atoms with Gasteiger partial charge in [-0.1, -0.05) is 35.0 Å². The topological polar surface area (TPSA) is 58.6 Å². The fraction of sp³-hybridized carbons (Fsp3) is 0.391. The van der Waals surface area contributed by atoms with Gasteiger partial charge in [-0.3, -0.25) is 9.59 Å². The average molecular weight is 479 g/mol. The molecule has 0 spiro atoms. The number of carbonyl (C=O) groups excluding carboxylic acids is 2. The zero-order valence-corrected chi connectivity index (χ0v) is 19.3. The predicted octanol–water partition coefficient (Wildman–Crippen LogP) is 4.61. The molecule has 2 rings (SSSR count). The maximum atomic E-state index is 13.3. The summed E-state index contributed by atoms with van der Waals surface area (Å²) in [6.45, 7) is 7.52. The standard InChI is InChI=1S/C23H28BrFN2O3/c1-5-21(23(29)26-15(2)3)27(13-17-6-8-18(25)9-7-17)22(28)14-30-19-10-11-20(24)16(4)12-19/h6-12,15,21H,5,13-14H2,1-4H3,(H,26,29)/t21-/m0/s1. The molecule has 0 saturated carbocycles. The molecule has 2 aromatic rings. The highest BCUT2D eigenvalue weighted by Gasteiger charge is 2.29. The van der Waals surface area contributed by atoms with Crippen molar-refractivity contribution in [2.24, 2.45) is 0 Å². The third kappa shape index (κ3) is 6.83. The number of halogens is 2. The van der Waals surface area contributed by atoms with Crippen LogP contribution in [0, 0.1) is 12.7 Å². The Morgan fingerprint density at radius 1 is 1.17 bits per heavy atom. The maximum absolute atomic E-state index is 13.3. The van der Waals surface area contributed by atoms with Crippen LogP contribution in [0.3, 0.4) is 0 Å². The van der Waals surface area contributed by atoms with Gasteiger partial charge in [0.25, 0.3) is 5.91 Å². The van der Waals surface area contributed by atoms with Gasteiger partial charge in [0.1, 0.15) is 17.6 Å². The van der Waals surface area contributed by atoms with Gasteiger partial charge >= 0.3 is 0 Å². The second-order valence-corrected chi connectivity index (χ2v) is 8.29. The first-order chi connectivity index (χ1) is 14.2. The SMILES string of the molecule is CC[C@@H](C(=O)NC(C)C)N(Cc1ccc(F)cc1)C(=O)COc1ccc(Br)c(C)c1. The lowest BCUT2D eigenvalue weighted by atomic mass is 10.1. The van der Waals surface area contributed by atoms with Crippen molar-refractivity contribution in [3.8, 4) is 5.75 Å². The van der Waals surface area contributed by atoms with E-state index in [4.69, 9.17) is 4.74 Å². The van der Waals surface area contributed by atoms with Crippen LogP contribution >= 0.6 is 15.9 Å². The van der Waals surface area contributed by atoms with E-state index in [0.717, 1.165) is 15.6 Å². The summed E-state index contributed by atoms with van der Waals surface area (Å²) < 4.78 is 19.9. The Balaban J connectivity index is 2.21. The Morgan fingerprint density at radius 2 is 1.83 bits per heavy atom. The van der Waals surface area contributed by atoms with Gasteiger partial charge in [0.2, 0.25) is 5.91 Å². The molecule has 1 atom stereocenters. The van der Waals surface area contributed by atoms with Gasteiger partial charge < -0.3 is 15.0 Å². The average Bonchev–Trinajstić information content (AvgIpc) is 2.69. The van der Waals surface area contributed by atoms with Crippen molar-refractivity contribution in [1.29, 1.82) is 0 Å². The Kier molecular flexibility index (Phi) is 8.84. The normalized spacial score (nSPS) is 11.8. The summed E-state index contributed by atoms with van der Waals surface area (Å²) in [5, 5.41) is 2.87. The van der Waals surface area contributed by atoms with Gasteiger partial charge in [-0.25, -0.2) is 4.39 Å². The molecule has 30 heavy (non-hydrogen) atoms. The second kappa shape index (κ2) is 11.1. The smallest absolute Gasteiger partial charge is 0.261 e. The molecular weight excluding hydrogens is 451 g/mol. The van der Waals surface area contributed by atoms with Crippen molar-refractivity contribution in [3.05, 3.63) is 63.9 Å². The monoisotopic (exact) mass is 478 g/mol. The lowest BCUT2D eigenvalue weighted by Gasteiger charge is -2.31. The molecule has 2 aromatic carbocycles. The van der Waals surface area contributed by atoms with Gasteiger partial charge in [-0.15, -0.1) is 0 Å². The third-order valence-electron chi connectivity index (χ3n) is 4.57. The van der Waals surface area contributed by atoms with Crippen LogP contribution in [0.2, 0.25) is 0 Å². The molecule has 0 unspecified atom stereocenters. The highest BCUT2D eigenvalue weighted by molar-refractivity contribution is 9.10. The zero-order chi connectivity index (χ0) is 22.3. The van der Waals surface area contributed by atoms with Crippen molar-refractivity contribution in [2.75, 3.05) is 6.61 Å². The van der Waals surface area contributed by atoms with E-state index < -0.39 is 6.04 Å². The number of aryl methyl sites for hydroxylation is 1. The lowest BCUT2D eigenvalue weighted by molar-refractivity contribution is -0.143. The van der Waals surface area contributed by atoms with Crippen molar-refractivity contribution in [2.45, 2.75) is 52.7 Å². The van der Waals surface area contributed by atoms with E-state index in [1.807, 2.05) is 39.8 Å². The Morgan fingerprint density at radius 3 is 2.40 bits per heavy atom. The minimum Gasteiger partial charge on any atom is -0.484 e. The van der Waals surface area contributed by atoms with E-state index in [9.17, 15) is 14.0 Å². The van der Waals surface area contributed by atoms with Crippen molar-refractivity contribution in [3.63, 3.8) is 0 Å². The number of hydrogen-bond acceptors (Lipinski definition) is 3. The molecule has 0 heterocycles. The van der Waals surface area contributed by atoms with E-state index >= 15 is 0 Å². The van der Waals surface area contributed by atoms with E-state index in [2.05, 4.69) is 21.2 Å². The van der Waals surface area contributed by atoms with Crippen LogP contribution < -0.4 is 10.1 Å². The van der Waals surface area contributed by atoms with Gasteiger partial charge in [-0.2, -0.15) is 0 Å². The molecule has 0 radical (unpaired) electrons. The number of rotatable bonds is 9. The predicted molar refractivity (Wildman–Crippen MR) is 119 cm³/mol. The van der Waals surface area contributed by atoms with Crippen molar-refractivity contribution >= 4 is 27.7 Å². The number of ether oxygens (including phenoxy) is 1. The highest BCUT2D eigenvalue weighted by Crippen LogP contribution is 2.22.